The molecule has 0 unspecified atom stereocenters. The molecule has 3 aromatic rings. The van der Waals surface area contributed by atoms with Crippen molar-refractivity contribution in [3.05, 3.63) is 42.0 Å². The van der Waals surface area contributed by atoms with Gasteiger partial charge >= 0.3 is 0 Å². The second-order valence-electron chi connectivity index (χ2n) is 11.4. The number of nitrogens with zero attached hydrogens (tertiary/aromatic N) is 5. The molecule has 9 nitrogen and oxygen atoms in total. The van der Waals surface area contributed by atoms with Gasteiger partial charge in [0, 0.05) is 81.7 Å². The number of ether oxygens (including phenoxy) is 2. The lowest BCUT2D eigenvalue weighted by atomic mass is 9.99. The number of imidazole rings is 1. The van der Waals surface area contributed by atoms with Crippen LogP contribution in [0.25, 0.3) is 22.2 Å². The molecule has 40 heavy (non-hydrogen) atoms. The smallest absolute Gasteiger partial charge is 0.219 e. The first-order chi connectivity index (χ1) is 19.6. The van der Waals surface area contributed by atoms with Gasteiger partial charge in [-0.2, -0.15) is 0 Å². The van der Waals surface area contributed by atoms with E-state index in [9.17, 15) is 4.79 Å². The van der Waals surface area contributed by atoms with E-state index in [1.807, 2.05) is 11.1 Å². The number of carbonyl (C=O) groups is 1. The minimum absolute atomic E-state index is 0.111. The number of carbonyl (C=O) groups excluding carboxylic acids is 1. The summed E-state index contributed by atoms with van der Waals surface area (Å²) >= 11 is 0. The molecule has 3 aliphatic rings. The van der Waals surface area contributed by atoms with Crippen molar-refractivity contribution >= 4 is 22.5 Å². The summed E-state index contributed by atoms with van der Waals surface area (Å²) < 4.78 is 14.1. The summed E-state index contributed by atoms with van der Waals surface area (Å²) in [7, 11) is 0. The quantitative estimate of drug-likeness (QED) is 0.425. The Kier molecular flexibility index (Phi) is 8.32. The third-order valence-electron chi connectivity index (χ3n) is 8.81. The number of hydrogen-bond acceptors (Lipinski definition) is 7. The highest BCUT2D eigenvalue weighted by Crippen LogP contribution is 2.37. The van der Waals surface area contributed by atoms with E-state index in [1.54, 1.807) is 6.92 Å². The average molecular weight is 547 g/mol. The van der Waals surface area contributed by atoms with E-state index in [1.165, 1.54) is 5.69 Å². The van der Waals surface area contributed by atoms with Crippen molar-refractivity contribution in [2.45, 2.75) is 70.6 Å². The van der Waals surface area contributed by atoms with Crippen LogP contribution in [0.4, 0.5) is 5.69 Å². The van der Waals surface area contributed by atoms with E-state index in [0.29, 0.717) is 18.6 Å². The van der Waals surface area contributed by atoms with Crippen LogP contribution in [0.1, 0.15) is 62.9 Å². The monoisotopic (exact) mass is 546 g/mol. The van der Waals surface area contributed by atoms with Gasteiger partial charge in [0.2, 0.25) is 5.91 Å². The summed E-state index contributed by atoms with van der Waals surface area (Å²) in [6, 6.07) is 8.72. The van der Waals surface area contributed by atoms with Crippen molar-refractivity contribution in [2.75, 3.05) is 50.9 Å². The number of aromatic nitrogens is 3. The minimum Gasteiger partial charge on any atom is -0.381 e. The summed E-state index contributed by atoms with van der Waals surface area (Å²) in [5.41, 5.74) is 11.0. The van der Waals surface area contributed by atoms with Crippen molar-refractivity contribution in [1.82, 2.24) is 19.4 Å². The maximum absolute atomic E-state index is 12.3. The highest BCUT2D eigenvalue weighted by molar-refractivity contribution is 5.95. The second-order valence-corrected chi connectivity index (χ2v) is 11.4. The molecule has 5 heterocycles. The van der Waals surface area contributed by atoms with Gasteiger partial charge in [-0.1, -0.05) is 6.07 Å². The lowest BCUT2D eigenvalue weighted by molar-refractivity contribution is -0.130. The Morgan fingerprint density at radius 2 is 1.90 bits per heavy atom. The molecule has 2 N–H and O–H groups in total. The van der Waals surface area contributed by atoms with Gasteiger partial charge in [-0.3, -0.25) is 9.78 Å². The Balaban J connectivity index is 1.27. The molecule has 6 rings (SSSR count). The van der Waals surface area contributed by atoms with Crippen molar-refractivity contribution < 1.29 is 14.3 Å². The second kappa shape index (κ2) is 12.2. The fraction of sp³-hybridized carbons (Fsp3) is 0.581. The summed E-state index contributed by atoms with van der Waals surface area (Å²) in [5.74, 6) is 1.64. The topological polar surface area (TPSA) is 98.7 Å². The van der Waals surface area contributed by atoms with Crippen molar-refractivity contribution in [2.24, 2.45) is 5.73 Å². The predicted octanol–water partition coefficient (Wildman–Crippen LogP) is 4.08. The number of amides is 1. The minimum atomic E-state index is 0.111. The SMILES string of the molecule is CC(=O)N1CCn2c(C3CCOCC3)nc(-c3ccnc4cc(N5CCC(OCCCCN)CC5)ccc34)c2C1. The Bertz CT molecular complexity index is 1330. The van der Waals surface area contributed by atoms with Crippen molar-refractivity contribution in [3.63, 3.8) is 0 Å². The average Bonchev–Trinajstić information content (AvgIpc) is 3.38. The van der Waals surface area contributed by atoms with E-state index in [4.69, 9.17) is 25.2 Å². The largest absolute Gasteiger partial charge is 0.381 e. The molecule has 2 aromatic heterocycles. The van der Waals surface area contributed by atoms with Crippen molar-refractivity contribution in [3.8, 4) is 11.3 Å². The number of fused-ring (bicyclic) bond motifs is 2. The Morgan fingerprint density at radius 3 is 2.67 bits per heavy atom. The van der Waals surface area contributed by atoms with Crippen LogP contribution in [0.3, 0.4) is 0 Å². The third-order valence-corrected chi connectivity index (χ3v) is 8.81. The van der Waals surface area contributed by atoms with Crippen LogP contribution in [0, 0.1) is 0 Å². The van der Waals surface area contributed by atoms with Gasteiger partial charge in [-0.25, -0.2) is 4.98 Å². The fourth-order valence-corrected chi connectivity index (χ4v) is 6.46. The van der Waals surface area contributed by atoms with Crippen molar-refractivity contribution in [1.29, 1.82) is 0 Å². The highest BCUT2D eigenvalue weighted by Gasteiger charge is 2.31. The molecule has 2 fully saturated rings. The molecule has 0 spiro atoms. The molecular formula is C31H42N6O3. The van der Waals surface area contributed by atoms with Crippen LogP contribution in [-0.2, 0) is 27.4 Å². The number of pyridine rings is 1. The zero-order valence-corrected chi connectivity index (χ0v) is 23.7. The van der Waals surface area contributed by atoms with Gasteiger partial charge in [0.1, 0.15) is 5.82 Å². The summed E-state index contributed by atoms with van der Waals surface area (Å²) in [4.78, 5) is 26.8. The van der Waals surface area contributed by atoms with Crippen LogP contribution in [0.5, 0.6) is 0 Å². The van der Waals surface area contributed by atoms with E-state index in [0.717, 1.165) is 125 Å². The van der Waals surface area contributed by atoms with Crippen LogP contribution >= 0.6 is 0 Å². The van der Waals surface area contributed by atoms with E-state index in [2.05, 4.69) is 33.7 Å². The molecule has 1 aromatic carbocycles. The predicted molar refractivity (Wildman–Crippen MR) is 156 cm³/mol. The van der Waals surface area contributed by atoms with E-state index < -0.39 is 0 Å². The number of hydrogen-bond donors (Lipinski definition) is 1. The molecule has 3 aliphatic heterocycles. The number of piperidine rings is 1. The number of benzene rings is 1. The zero-order chi connectivity index (χ0) is 27.5. The van der Waals surface area contributed by atoms with Gasteiger partial charge < -0.3 is 29.6 Å². The van der Waals surface area contributed by atoms with Crippen LogP contribution < -0.4 is 10.6 Å². The lowest BCUT2D eigenvalue weighted by Gasteiger charge is -2.33. The first-order valence-electron chi connectivity index (χ1n) is 15.0. The van der Waals surface area contributed by atoms with Gasteiger partial charge in [0.15, 0.2) is 0 Å². The van der Waals surface area contributed by atoms with Gasteiger partial charge in [0.05, 0.1) is 29.6 Å². The molecule has 214 valence electrons. The molecule has 0 bridgehead atoms. The summed E-state index contributed by atoms with van der Waals surface area (Å²) in [6.45, 7) is 8.82. The first-order valence-corrected chi connectivity index (χ1v) is 15.0. The Labute approximate surface area is 236 Å². The van der Waals surface area contributed by atoms with Crippen LogP contribution in [-0.4, -0.2) is 77.4 Å². The highest BCUT2D eigenvalue weighted by atomic mass is 16.5. The summed E-state index contributed by atoms with van der Waals surface area (Å²) in [5, 5.41) is 1.10. The molecule has 0 aliphatic carbocycles. The molecule has 0 saturated carbocycles. The fourth-order valence-electron chi connectivity index (χ4n) is 6.46. The molecule has 2 saturated heterocycles. The number of unbranched alkanes of at least 4 members (excludes halogenated alkanes) is 1. The maximum atomic E-state index is 12.3. The zero-order valence-electron chi connectivity index (χ0n) is 23.7. The number of anilines is 1. The number of rotatable bonds is 8. The van der Waals surface area contributed by atoms with Gasteiger partial charge in [-0.05, 0) is 63.3 Å². The van der Waals surface area contributed by atoms with Gasteiger partial charge in [-0.15, -0.1) is 0 Å². The maximum Gasteiger partial charge on any atom is 0.219 e. The molecule has 9 heteroatoms. The summed E-state index contributed by atoms with van der Waals surface area (Å²) in [6.07, 6.45) is 8.36. The standard InChI is InChI=1S/C31H42N6O3/c1-22(38)36-15-16-37-29(21-36)30(34-31(37)23-9-18-39-19-10-23)27-6-12-33-28-20-24(4-5-26(27)28)35-13-7-25(8-14-35)40-17-3-2-11-32/h4-6,12,20,23,25H,2-3,7-11,13-19,21,32H2,1H3. The van der Waals surface area contributed by atoms with E-state index >= 15 is 0 Å². The number of nitrogens with two attached hydrogens (primary N) is 1. The Hall–Kier alpha value is -3.01. The Morgan fingerprint density at radius 1 is 1.07 bits per heavy atom. The van der Waals surface area contributed by atoms with E-state index in [-0.39, 0.29) is 5.91 Å². The molecule has 1 amide bonds. The van der Waals surface area contributed by atoms with Crippen LogP contribution in [0.15, 0.2) is 30.5 Å². The molecule has 0 atom stereocenters. The molecule has 0 radical (unpaired) electrons. The van der Waals surface area contributed by atoms with Gasteiger partial charge in [0.25, 0.3) is 0 Å². The lowest BCUT2D eigenvalue weighted by Crippen LogP contribution is -2.37. The first kappa shape index (κ1) is 27.2. The third kappa shape index (κ3) is 5.60. The van der Waals surface area contributed by atoms with Crippen LogP contribution in [0.2, 0.25) is 0 Å². The molecular weight excluding hydrogens is 504 g/mol. The normalized spacial score (nSPS) is 18.9.